The van der Waals surface area contributed by atoms with E-state index in [-0.39, 0.29) is 3.99 Å². The molecule has 3 nitrogen and oxygen atoms in total. The number of rotatable bonds is 1. The first kappa shape index (κ1) is 6.81. The van der Waals surface area contributed by atoms with E-state index in [1.807, 2.05) is 0 Å². The van der Waals surface area contributed by atoms with Gasteiger partial charge in [-0.3, -0.25) is 5.21 Å². The van der Waals surface area contributed by atoms with Crippen LogP contribution in [0.15, 0.2) is 0 Å². The van der Waals surface area contributed by atoms with Crippen LogP contribution in [0, 0.1) is 0 Å². The summed E-state index contributed by atoms with van der Waals surface area (Å²) in [5.74, 6) is 0. The molecule has 0 rings (SSSR count). The molecule has 0 heterocycles. The molecule has 0 bridgehead atoms. The molecule has 0 aliphatic carbocycles. The van der Waals surface area contributed by atoms with Gasteiger partial charge in [-0.1, -0.05) is 0 Å². The fraction of sp³-hybridized carbons (Fsp3) is 0. The Labute approximate surface area is 47.3 Å². The summed E-state index contributed by atoms with van der Waals surface area (Å²) < 4.78 is 9.44. The third-order valence-electron chi connectivity index (χ3n) is 0.118. The Balaban J connectivity index is 2.99. The number of hydrogen-bond acceptors (Lipinski definition) is 3. The Hall–Kier alpha value is 0.810. The van der Waals surface area contributed by atoms with Gasteiger partial charge in [0, 0.05) is 0 Å². The van der Waals surface area contributed by atoms with Crippen LogP contribution in [0.2, 0.25) is 0 Å². The first-order valence-electron chi connectivity index (χ1n) is 0.873. The van der Waals surface area contributed by atoms with Crippen molar-refractivity contribution < 1.29 is 9.76 Å². The molecule has 0 aromatic heterocycles. The van der Waals surface area contributed by atoms with Crippen LogP contribution < -0.4 is 0 Å². The van der Waals surface area contributed by atoms with E-state index in [4.69, 9.17) is 5.21 Å². The van der Waals surface area contributed by atoms with Crippen molar-refractivity contribution in [3.8, 4) is 0 Å². The molecule has 0 aromatic carbocycles. The Morgan fingerprint density at radius 3 is 2.00 bits per heavy atom. The van der Waals surface area contributed by atoms with Gasteiger partial charge in [0.15, 0.2) is 0 Å². The van der Waals surface area contributed by atoms with Gasteiger partial charge in [-0.05, 0) is 0 Å². The maximum absolute atomic E-state index is 9.56. The van der Waals surface area contributed by atoms with Crippen molar-refractivity contribution in [1.29, 1.82) is 0 Å². The molecule has 0 aromatic rings. The van der Waals surface area contributed by atoms with Crippen LogP contribution in [0.1, 0.15) is 0 Å². The molecule has 6 heteroatoms. The van der Waals surface area contributed by atoms with Gasteiger partial charge in [0.1, 0.15) is 3.99 Å². The largest absolute Gasteiger partial charge is 0.577 e. The quantitative estimate of drug-likeness (QED) is 0.339. The van der Waals surface area contributed by atoms with E-state index < -0.39 is 10.6 Å². The van der Waals surface area contributed by atoms with Gasteiger partial charge in [0.05, 0.1) is 11.8 Å². The van der Waals surface area contributed by atoms with E-state index >= 15 is 0 Å². The van der Waals surface area contributed by atoms with Crippen LogP contribution in [-0.2, 0) is 10.6 Å². The number of hydrogen-bond donors (Lipinski definition) is 1. The van der Waals surface area contributed by atoms with Crippen molar-refractivity contribution in [2.24, 2.45) is 0 Å². The standard InChI is InChI=1S/Cl2HNO2S/c1-3(4)6(2)5/h4H. The number of nitrogens with zero attached hydrogens (tertiary/aromatic N) is 1. The van der Waals surface area contributed by atoms with E-state index in [2.05, 4.69) is 22.5 Å². The molecular weight excluding hydrogens is 149 g/mol. The van der Waals surface area contributed by atoms with Crippen molar-refractivity contribution in [2.45, 2.75) is 0 Å². The van der Waals surface area contributed by atoms with Gasteiger partial charge in [-0.15, -0.1) is 0 Å². The zero-order chi connectivity index (χ0) is 5.15. The fourth-order valence-electron chi connectivity index (χ4n) is 0. The van der Waals surface area contributed by atoms with Crippen LogP contribution in [0.4, 0.5) is 0 Å². The van der Waals surface area contributed by atoms with Gasteiger partial charge in [-0.25, -0.2) is 0 Å². The third-order valence-corrected chi connectivity index (χ3v) is 1.34. The summed E-state index contributed by atoms with van der Waals surface area (Å²) >= 11 is 4.57. The lowest BCUT2D eigenvalue weighted by atomic mass is 13.5. The van der Waals surface area contributed by atoms with E-state index in [1.54, 1.807) is 0 Å². The zero-order valence-corrected chi connectivity index (χ0v) is 4.80. The highest BCUT2D eigenvalue weighted by atomic mass is 35.7. The highest BCUT2D eigenvalue weighted by Crippen LogP contribution is 2.03. The second kappa shape index (κ2) is 2.90. The Bertz CT molecular complexity index is 32.5. The van der Waals surface area contributed by atoms with Crippen LogP contribution in [0.5, 0.6) is 0 Å². The molecule has 0 spiro atoms. The van der Waals surface area contributed by atoms with Gasteiger partial charge in [0.2, 0.25) is 21.3 Å². The second-order valence-corrected chi connectivity index (χ2v) is 2.50. The monoisotopic (exact) mass is 149 g/mol. The summed E-state index contributed by atoms with van der Waals surface area (Å²) in [5.41, 5.74) is 0. The van der Waals surface area contributed by atoms with Gasteiger partial charge < -0.3 is 4.55 Å². The van der Waals surface area contributed by atoms with Gasteiger partial charge in [-0.2, -0.15) is 0 Å². The van der Waals surface area contributed by atoms with Gasteiger partial charge >= 0.3 is 0 Å². The van der Waals surface area contributed by atoms with Gasteiger partial charge in [0.25, 0.3) is 0 Å². The maximum Gasteiger partial charge on any atom is 0.209 e. The van der Waals surface area contributed by atoms with Crippen LogP contribution >= 0.6 is 22.5 Å². The molecule has 0 saturated heterocycles. The molecule has 0 saturated carbocycles. The topological polar surface area (TPSA) is 46.5 Å². The van der Waals surface area contributed by atoms with Crippen molar-refractivity contribution in [3.05, 3.63) is 0 Å². The molecule has 0 amide bonds. The highest BCUT2D eigenvalue weighted by Gasteiger charge is 2.08. The van der Waals surface area contributed by atoms with E-state index in [0.29, 0.717) is 0 Å². The molecule has 1 N–H and O–H groups in total. The van der Waals surface area contributed by atoms with E-state index in [1.165, 1.54) is 0 Å². The zero-order valence-electron chi connectivity index (χ0n) is 2.47. The fourth-order valence-corrected chi connectivity index (χ4v) is 0. The first-order valence-corrected chi connectivity index (χ1v) is 3.14. The van der Waals surface area contributed by atoms with E-state index in [0.717, 1.165) is 0 Å². The molecule has 1 atom stereocenters. The Morgan fingerprint density at radius 1 is 1.83 bits per heavy atom. The molecular formula is HCl2NO2S. The summed E-state index contributed by atoms with van der Waals surface area (Å²) in [6.45, 7) is 0. The highest BCUT2D eigenvalue weighted by molar-refractivity contribution is 8.12. The Morgan fingerprint density at radius 2 is 2.00 bits per heavy atom. The minimum absolute atomic E-state index is 0.123. The predicted octanol–water partition coefficient (Wildman–Crippen LogP) is 0.649. The molecule has 1 unspecified atom stereocenters. The molecule has 0 radical (unpaired) electrons. The third kappa shape index (κ3) is 3.02. The minimum Gasteiger partial charge on any atom is -0.577 e. The predicted molar refractivity (Wildman–Crippen MR) is 23.5 cm³/mol. The van der Waals surface area contributed by atoms with Crippen molar-refractivity contribution in [1.82, 2.24) is 3.99 Å². The average Bonchev–Trinajstić information content (AvgIpc) is 1.36. The van der Waals surface area contributed by atoms with Crippen molar-refractivity contribution >= 4 is 33.0 Å². The molecule has 0 aliphatic rings. The number of halogens is 2. The summed E-state index contributed by atoms with van der Waals surface area (Å²) in [6.07, 6.45) is 0. The van der Waals surface area contributed by atoms with Crippen LogP contribution in [-0.4, -0.2) is 13.7 Å². The van der Waals surface area contributed by atoms with Crippen LogP contribution in [0.3, 0.4) is 0 Å². The lowest BCUT2D eigenvalue weighted by Gasteiger charge is -1.97. The molecule has 0 fully saturated rings. The summed E-state index contributed by atoms with van der Waals surface area (Å²) in [6, 6.07) is 0. The van der Waals surface area contributed by atoms with Crippen LogP contribution in [0.25, 0.3) is 0 Å². The SMILES string of the molecule is [O-][S+](Cl)N(O)Cl. The van der Waals surface area contributed by atoms with Crippen molar-refractivity contribution in [2.75, 3.05) is 0 Å². The summed E-state index contributed by atoms with van der Waals surface area (Å²) in [7, 11) is 2.64. The maximum atomic E-state index is 9.56. The minimum atomic E-state index is -1.99. The summed E-state index contributed by atoms with van der Waals surface area (Å²) in [4.78, 5) is 0. The first-order chi connectivity index (χ1) is 2.64. The molecule has 38 valence electrons. The average molecular weight is 150 g/mol. The summed E-state index contributed by atoms with van der Waals surface area (Å²) in [5, 5.41) is 7.80. The Kier molecular flexibility index (Phi) is 3.29. The normalized spacial score (nSPS) is 15.5. The van der Waals surface area contributed by atoms with Crippen molar-refractivity contribution in [3.63, 3.8) is 0 Å². The lowest BCUT2D eigenvalue weighted by Crippen LogP contribution is -2.09. The molecule has 0 aliphatic heterocycles. The lowest BCUT2D eigenvalue weighted by molar-refractivity contribution is 0.102. The smallest absolute Gasteiger partial charge is 0.209 e. The molecule has 6 heavy (non-hydrogen) atoms. The second-order valence-electron chi connectivity index (χ2n) is 0.433. The van der Waals surface area contributed by atoms with E-state index in [9.17, 15) is 4.55 Å².